The number of likely N-dealkylation sites (tertiary alicyclic amines) is 1. The number of ether oxygens (including phenoxy) is 1. The van der Waals surface area contributed by atoms with Crippen LogP contribution in [0.1, 0.15) is 30.1 Å². The number of piperidine rings is 1. The third-order valence-corrected chi connectivity index (χ3v) is 4.44. The van der Waals surface area contributed by atoms with E-state index in [0.717, 1.165) is 32.5 Å². The summed E-state index contributed by atoms with van der Waals surface area (Å²) < 4.78 is 7.50. The summed E-state index contributed by atoms with van der Waals surface area (Å²) in [6.45, 7) is 4.66. The molecule has 0 aliphatic carbocycles. The van der Waals surface area contributed by atoms with E-state index in [1.807, 2.05) is 11.9 Å². The van der Waals surface area contributed by atoms with Gasteiger partial charge in [-0.3, -0.25) is 9.48 Å². The highest BCUT2D eigenvalue weighted by Crippen LogP contribution is 2.35. The molecule has 2 aliphatic heterocycles. The van der Waals surface area contributed by atoms with Crippen molar-refractivity contribution in [3.8, 4) is 0 Å². The molecule has 2 saturated heterocycles. The highest BCUT2D eigenvalue weighted by molar-refractivity contribution is 5.93. The molecule has 5 heteroatoms. The lowest BCUT2D eigenvalue weighted by Crippen LogP contribution is -2.44. The Labute approximate surface area is 113 Å². The molecule has 19 heavy (non-hydrogen) atoms. The molecule has 2 fully saturated rings. The van der Waals surface area contributed by atoms with Gasteiger partial charge in [0.2, 0.25) is 0 Å². The zero-order valence-electron chi connectivity index (χ0n) is 11.6. The van der Waals surface area contributed by atoms with E-state index in [4.69, 9.17) is 4.74 Å². The zero-order chi connectivity index (χ0) is 13.4. The minimum Gasteiger partial charge on any atom is -0.378 e. The van der Waals surface area contributed by atoms with E-state index >= 15 is 0 Å². The van der Waals surface area contributed by atoms with E-state index < -0.39 is 0 Å². The molecule has 0 radical (unpaired) electrons. The van der Waals surface area contributed by atoms with Gasteiger partial charge in [-0.05, 0) is 18.8 Å². The maximum atomic E-state index is 12.4. The maximum Gasteiger partial charge on any atom is 0.257 e. The number of fused-ring (bicyclic) bond motifs is 1. The Morgan fingerprint density at radius 3 is 3.11 bits per heavy atom. The number of carbonyl (C=O) groups is 1. The van der Waals surface area contributed by atoms with Gasteiger partial charge in [0.05, 0.1) is 24.5 Å². The molecule has 1 aromatic heterocycles. The van der Waals surface area contributed by atoms with Crippen LogP contribution < -0.4 is 0 Å². The summed E-state index contributed by atoms with van der Waals surface area (Å²) in [5.74, 6) is 1.26. The lowest BCUT2D eigenvalue weighted by molar-refractivity contribution is 0.0608. The number of rotatable bonds is 2. The molecular formula is C14H21N3O2. The first-order chi connectivity index (χ1) is 9.19. The number of carbonyl (C=O) groups excluding carboxylic acids is 1. The Balaban J connectivity index is 1.67. The Hall–Kier alpha value is -1.36. The predicted molar refractivity (Wildman–Crippen MR) is 70.7 cm³/mol. The van der Waals surface area contributed by atoms with Gasteiger partial charge in [0.1, 0.15) is 0 Å². The minimum absolute atomic E-state index is 0.103. The number of amides is 1. The van der Waals surface area contributed by atoms with Gasteiger partial charge in [0, 0.05) is 32.3 Å². The quantitative estimate of drug-likeness (QED) is 0.808. The number of aryl methyl sites for hydroxylation is 1. The Morgan fingerprint density at radius 2 is 2.42 bits per heavy atom. The SMILES string of the molecule is CC[C@@H]1OC[C@H]2CN(C(=O)c3cnn(C)c3)CC[C@H]21. The summed E-state index contributed by atoms with van der Waals surface area (Å²) in [6.07, 6.45) is 5.98. The fraction of sp³-hybridized carbons (Fsp3) is 0.714. The third-order valence-electron chi connectivity index (χ3n) is 4.44. The van der Waals surface area contributed by atoms with Gasteiger partial charge in [0.25, 0.3) is 5.91 Å². The monoisotopic (exact) mass is 263 g/mol. The summed E-state index contributed by atoms with van der Waals surface area (Å²) in [6, 6.07) is 0. The third kappa shape index (κ3) is 2.27. The standard InChI is InChI=1S/C14H21N3O2/c1-3-13-12-4-5-17(8-11(12)9-19-13)14(18)10-6-15-16(2)7-10/h6-7,11-13H,3-5,8-9H2,1-2H3/t11-,12-,13+/m1/s1. The van der Waals surface area contributed by atoms with Crippen molar-refractivity contribution in [1.29, 1.82) is 0 Å². The van der Waals surface area contributed by atoms with Crippen molar-refractivity contribution >= 4 is 5.91 Å². The van der Waals surface area contributed by atoms with E-state index in [-0.39, 0.29) is 5.91 Å². The average molecular weight is 263 g/mol. The van der Waals surface area contributed by atoms with Crippen LogP contribution >= 0.6 is 0 Å². The van der Waals surface area contributed by atoms with Crippen LogP contribution in [-0.2, 0) is 11.8 Å². The molecule has 0 aromatic carbocycles. The van der Waals surface area contributed by atoms with Crippen LogP contribution in [-0.4, -0.2) is 46.4 Å². The number of hydrogen-bond acceptors (Lipinski definition) is 3. The van der Waals surface area contributed by atoms with Crippen molar-refractivity contribution in [3.05, 3.63) is 18.0 Å². The second-order valence-corrected chi connectivity index (χ2v) is 5.65. The summed E-state index contributed by atoms with van der Waals surface area (Å²) in [4.78, 5) is 14.3. The summed E-state index contributed by atoms with van der Waals surface area (Å²) in [5.41, 5.74) is 0.687. The minimum atomic E-state index is 0.103. The molecule has 104 valence electrons. The van der Waals surface area contributed by atoms with Crippen LogP contribution in [0.4, 0.5) is 0 Å². The van der Waals surface area contributed by atoms with Crippen molar-refractivity contribution < 1.29 is 9.53 Å². The zero-order valence-corrected chi connectivity index (χ0v) is 11.6. The Morgan fingerprint density at radius 1 is 1.58 bits per heavy atom. The summed E-state index contributed by atoms with van der Waals surface area (Å²) in [7, 11) is 1.83. The normalized spacial score (nSPS) is 30.4. The fourth-order valence-electron chi connectivity index (χ4n) is 3.41. The summed E-state index contributed by atoms with van der Waals surface area (Å²) in [5, 5.41) is 4.07. The predicted octanol–water partition coefficient (Wildman–Crippen LogP) is 1.31. The van der Waals surface area contributed by atoms with Gasteiger partial charge < -0.3 is 9.64 Å². The van der Waals surface area contributed by atoms with Gasteiger partial charge in [-0.2, -0.15) is 5.10 Å². The fourth-order valence-corrected chi connectivity index (χ4v) is 3.41. The molecule has 0 spiro atoms. The van der Waals surface area contributed by atoms with Gasteiger partial charge in [0.15, 0.2) is 0 Å². The molecule has 2 aliphatic rings. The molecule has 1 amide bonds. The van der Waals surface area contributed by atoms with Crippen molar-refractivity contribution in [2.45, 2.75) is 25.9 Å². The first-order valence-corrected chi connectivity index (χ1v) is 7.08. The smallest absolute Gasteiger partial charge is 0.257 e. The van der Waals surface area contributed by atoms with Gasteiger partial charge >= 0.3 is 0 Å². The van der Waals surface area contributed by atoms with Crippen molar-refractivity contribution in [2.24, 2.45) is 18.9 Å². The van der Waals surface area contributed by atoms with Crippen LogP contribution in [0.5, 0.6) is 0 Å². The molecular weight excluding hydrogens is 242 g/mol. The first kappa shape index (κ1) is 12.7. The number of nitrogens with zero attached hydrogens (tertiary/aromatic N) is 3. The lowest BCUT2D eigenvalue weighted by Gasteiger charge is -2.35. The van der Waals surface area contributed by atoms with Crippen molar-refractivity contribution in [2.75, 3.05) is 19.7 Å². The van der Waals surface area contributed by atoms with Gasteiger partial charge in [-0.1, -0.05) is 6.92 Å². The van der Waals surface area contributed by atoms with E-state index in [9.17, 15) is 4.79 Å². The highest BCUT2D eigenvalue weighted by Gasteiger charge is 2.41. The molecule has 0 saturated carbocycles. The van der Waals surface area contributed by atoms with Crippen LogP contribution in [0.3, 0.4) is 0 Å². The average Bonchev–Trinajstić information content (AvgIpc) is 3.03. The lowest BCUT2D eigenvalue weighted by atomic mass is 9.83. The Kier molecular flexibility index (Phi) is 3.31. The van der Waals surface area contributed by atoms with E-state index in [0.29, 0.717) is 23.5 Å². The van der Waals surface area contributed by atoms with E-state index in [2.05, 4.69) is 12.0 Å². The van der Waals surface area contributed by atoms with Crippen molar-refractivity contribution in [1.82, 2.24) is 14.7 Å². The van der Waals surface area contributed by atoms with Crippen LogP contribution in [0.25, 0.3) is 0 Å². The first-order valence-electron chi connectivity index (χ1n) is 7.08. The second-order valence-electron chi connectivity index (χ2n) is 5.65. The van der Waals surface area contributed by atoms with Gasteiger partial charge in [-0.15, -0.1) is 0 Å². The van der Waals surface area contributed by atoms with Crippen molar-refractivity contribution in [3.63, 3.8) is 0 Å². The van der Waals surface area contributed by atoms with E-state index in [1.54, 1.807) is 17.1 Å². The van der Waals surface area contributed by atoms with Crippen LogP contribution in [0, 0.1) is 11.8 Å². The van der Waals surface area contributed by atoms with Crippen LogP contribution in [0.15, 0.2) is 12.4 Å². The Bertz CT molecular complexity index is 471. The summed E-state index contributed by atoms with van der Waals surface area (Å²) >= 11 is 0. The molecule has 0 unspecified atom stereocenters. The number of aromatic nitrogens is 2. The largest absolute Gasteiger partial charge is 0.378 e. The van der Waals surface area contributed by atoms with E-state index in [1.165, 1.54) is 0 Å². The molecule has 3 rings (SSSR count). The second kappa shape index (κ2) is 4.96. The van der Waals surface area contributed by atoms with Crippen LogP contribution in [0.2, 0.25) is 0 Å². The molecule has 0 N–H and O–H groups in total. The molecule has 3 heterocycles. The highest BCUT2D eigenvalue weighted by atomic mass is 16.5. The molecule has 1 aromatic rings. The number of hydrogen-bond donors (Lipinski definition) is 0. The maximum absolute atomic E-state index is 12.4. The molecule has 0 bridgehead atoms. The molecule has 3 atom stereocenters. The topological polar surface area (TPSA) is 47.4 Å². The molecule has 5 nitrogen and oxygen atoms in total. The van der Waals surface area contributed by atoms with Gasteiger partial charge in [-0.25, -0.2) is 0 Å².